The van der Waals surface area contributed by atoms with Crippen LogP contribution in [0.3, 0.4) is 0 Å². The van der Waals surface area contributed by atoms with Crippen molar-refractivity contribution in [2.24, 2.45) is 0 Å². The number of aryl methyl sites for hydroxylation is 1. The van der Waals surface area contributed by atoms with Gasteiger partial charge < -0.3 is 9.84 Å². The van der Waals surface area contributed by atoms with Crippen LogP contribution in [0.2, 0.25) is 0 Å². The number of carboxylic acid groups (broad SMARTS) is 1. The van der Waals surface area contributed by atoms with Crippen LogP contribution >= 0.6 is 0 Å². The molecule has 206 valence electrons. The fourth-order valence-electron chi connectivity index (χ4n) is 4.58. The van der Waals surface area contributed by atoms with E-state index in [0.29, 0.717) is 6.61 Å². The number of hydrogen-bond donors (Lipinski definition) is 1. The summed E-state index contributed by atoms with van der Waals surface area (Å²) in [6, 6.07) is 21.5. The minimum atomic E-state index is -1.11. The molecule has 1 N–H and O–H groups in total. The number of carboxylic acids is 1. The minimum absolute atomic E-state index is 0.0135. The van der Waals surface area contributed by atoms with E-state index in [1.54, 1.807) is 12.1 Å². The summed E-state index contributed by atoms with van der Waals surface area (Å²) in [5.41, 5.74) is 1.62. The summed E-state index contributed by atoms with van der Waals surface area (Å²) < 4.78 is 5.12. The van der Waals surface area contributed by atoms with Gasteiger partial charge in [-0.3, -0.25) is 0 Å². The fraction of sp³-hybridized carbons (Fsp3) is 0.471. The van der Waals surface area contributed by atoms with E-state index in [2.05, 4.69) is 56.3 Å². The number of esters is 1. The van der Waals surface area contributed by atoms with Gasteiger partial charge in [0.1, 0.15) is 0 Å². The highest BCUT2D eigenvalue weighted by Crippen LogP contribution is 2.20. The third kappa shape index (κ3) is 11.5. The van der Waals surface area contributed by atoms with Gasteiger partial charge in [-0.1, -0.05) is 133 Å². The van der Waals surface area contributed by atoms with Gasteiger partial charge in [0.2, 0.25) is 0 Å². The second-order valence-electron chi connectivity index (χ2n) is 9.91. The molecule has 0 radical (unpaired) electrons. The van der Waals surface area contributed by atoms with Crippen LogP contribution in [0, 0.1) is 0 Å². The summed E-state index contributed by atoms with van der Waals surface area (Å²) in [6.07, 6.45) is 16.2. The number of unbranched alkanes of at least 4 members (excludes halogenated alkanes) is 10. The number of hydrogen-bond acceptors (Lipinski definition) is 3. The van der Waals surface area contributed by atoms with Crippen LogP contribution in [0.15, 0.2) is 66.7 Å². The van der Waals surface area contributed by atoms with Crippen LogP contribution in [-0.2, 0) is 11.2 Å². The highest BCUT2D eigenvalue weighted by molar-refractivity contribution is 6.02. The number of aromatic carboxylic acids is 1. The van der Waals surface area contributed by atoms with Crippen molar-refractivity contribution in [3.05, 3.63) is 83.4 Å². The molecule has 38 heavy (non-hydrogen) atoms. The number of carbonyl (C=O) groups excluding carboxylic acids is 1. The average molecular weight is 519 g/mol. The molecule has 3 aromatic rings. The van der Waals surface area contributed by atoms with Gasteiger partial charge in [0.15, 0.2) is 0 Å². The summed E-state index contributed by atoms with van der Waals surface area (Å²) in [6.45, 7) is 4.79. The number of carbonyl (C=O) groups is 2. The molecule has 0 bridgehead atoms. The van der Waals surface area contributed by atoms with E-state index in [-0.39, 0.29) is 11.1 Å². The van der Waals surface area contributed by atoms with Crippen LogP contribution in [0.5, 0.6) is 0 Å². The molecule has 0 unspecified atom stereocenters. The Hall–Kier alpha value is -3.14. The highest BCUT2D eigenvalue weighted by Gasteiger charge is 2.16. The van der Waals surface area contributed by atoms with Gasteiger partial charge in [-0.25, -0.2) is 9.59 Å². The lowest BCUT2D eigenvalue weighted by molar-refractivity contribution is 0.0487. The standard InChI is InChI=1S/C18H24.C16H22O4/c1-2-3-4-5-6-7-11-16-13-10-14-17-12-8-9-15-18(16)17;1-2-3-4-5-6-9-12-20-16(19)14-11-8-7-10-13(14)15(17)18/h8-10,12-15H,2-7,11H2,1H3;7-8,10-11H,2-6,9,12H2,1H3,(H,17,18). The molecule has 0 amide bonds. The molecule has 0 aliphatic carbocycles. The minimum Gasteiger partial charge on any atom is -0.478 e. The molecule has 0 saturated heterocycles. The van der Waals surface area contributed by atoms with Gasteiger partial charge in [0.25, 0.3) is 0 Å². The Kier molecular flexibility index (Phi) is 15.5. The number of fused-ring (bicyclic) bond motifs is 1. The third-order valence-corrected chi connectivity index (χ3v) is 6.79. The summed E-state index contributed by atoms with van der Waals surface area (Å²) in [4.78, 5) is 22.8. The molecule has 0 fully saturated rings. The van der Waals surface area contributed by atoms with E-state index in [1.165, 1.54) is 92.7 Å². The lowest BCUT2D eigenvalue weighted by Crippen LogP contribution is -2.12. The van der Waals surface area contributed by atoms with E-state index < -0.39 is 11.9 Å². The van der Waals surface area contributed by atoms with Gasteiger partial charge in [0, 0.05) is 0 Å². The Balaban J connectivity index is 0.000000268. The van der Waals surface area contributed by atoms with Crippen molar-refractivity contribution in [3.8, 4) is 0 Å². The summed E-state index contributed by atoms with van der Waals surface area (Å²) >= 11 is 0. The van der Waals surface area contributed by atoms with Crippen molar-refractivity contribution in [1.82, 2.24) is 0 Å². The van der Waals surface area contributed by atoms with Crippen LogP contribution < -0.4 is 0 Å². The Bertz CT molecular complexity index is 1080. The van der Waals surface area contributed by atoms with Crippen molar-refractivity contribution < 1.29 is 19.4 Å². The quantitative estimate of drug-likeness (QED) is 0.151. The van der Waals surface area contributed by atoms with E-state index in [4.69, 9.17) is 9.84 Å². The Morgan fingerprint density at radius 1 is 0.632 bits per heavy atom. The molecule has 0 heterocycles. The first kappa shape index (κ1) is 31.1. The largest absolute Gasteiger partial charge is 0.478 e. The zero-order valence-corrected chi connectivity index (χ0v) is 23.4. The van der Waals surface area contributed by atoms with Crippen LogP contribution in [0.1, 0.15) is 117 Å². The SMILES string of the molecule is CCCCCCCCOC(=O)c1ccccc1C(=O)O.CCCCCCCCc1cccc2ccccc12. The smallest absolute Gasteiger partial charge is 0.339 e. The van der Waals surface area contributed by atoms with E-state index in [9.17, 15) is 9.59 Å². The molecule has 0 aliphatic heterocycles. The molecule has 4 nitrogen and oxygen atoms in total. The lowest BCUT2D eigenvalue weighted by Gasteiger charge is -2.07. The molecular weight excluding hydrogens is 472 g/mol. The topological polar surface area (TPSA) is 63.6 Å². The van der Waals surface area contributed by atoms with Crippen molar-refractivity contribution >= 4 is 22.7 Å². The zero-order valence-electron chi connectivity index (χ0n) is 23.4. The van der Waals surface area contributed by atoms with Crippen LogP contribution in [0.25, 0.3) is 10.8 Å². The monoisotopic (exact) mass is 518 g/mol. The van der Waals surface area contributed by atoms with E-state index >= 15 is 0 Å². The normalized spacial score (nSPS) is 10.6. The first-order valence-corrected chi connectivity index (χ1v) is 14.5. The molecule has 0 atom stereocenters. The molecule has 0 aromatic heterocycles. The average Bonchev–Trinajstić information content (AvgIpc) is 2.94. The zero-order chi connectivity index (χ0) is 27.4. The first-order valence-electron chi connectivity index (χ1n) is 14.5. The predicted molar refractivity (Wildman–Crippen MR) is 158 cm³/mol. The Labute approximate surface area is 229 Å². The maximum atomic E-state index is 11.8. The second-order valence-corrected chi connectivity index (χ2v) is 9.91. The maximum Gasteiger partial charge on any atom is 0.339 e. The highest BCUT2D eigenvalue weighted by atomic mass is 16.5. The number of ether oxygens (including phenoxy) is 1. The van der Waals surface area contributed by atoms with Crippen molar-refractivity contribution in [2.75, 3.05) is 6.61 Å². The molecule has 0 spiro atoms. The molecule has 0 aliphatic rings. The molecule has 4 heteroatoms. The summed E-state index contributed by atoms with van der Waals surface area (Å²) in [7, 11) is 0. The maximum absolute atomic E-state index is 11.8. The predicted octanol–water partition coefficient (Wildman–Crippen LogP) is 9.64. The van der Waals surface area contributed by atoms with Gasteiger partial charge in [-0.05, 0) is 47.7 Å². The number of benzene rings is 3. The first-order chi connectivity index (χ1) is 18.6. The van der Waals surface area contributed by atoms with E-state index in [0.717, 1.165) is 19.3 Å². The van der Waals surface area contributed by atoms with Crippen LogP contribution in [-0.4, -0.2) is 23.7 Å². The van der Waals surface area contributed by atoms with Gasteiger partial charge >= 0.3 is 11.9 Å². The molecule has 0 saturated carbocycles. The Morgan fingerprint density at radius 3 is 1.87 bits per heavy atom. The molecule has 3 aromatic carbocycles. The van der Waals surface area contributed by atoms with Crippen molar-refractivity contribution in [3.63, 3.8) is 0 Å². The number of rotatable bonds is 16. The van der Waals surface area contributed by atoms with Gasteiger partial charge in [-0.2, -0.15) is 0 Å². The van der Waals surface area contributed by atoms with Crippen molar-refractivity contribution in [2.45, 2.75) is 97.3 Å². The summed E-state index contributed by atoms with van der Waals surface area (Å²) in [5, 5.41) is 11.8. The van der Waals surface area contributed by atoms with Crippen LogP contribution in [0.4, 0.5) is 0 Å². The van der Waals surface area contributed by atoms with Gasteiger partial charge in [0.05, 0.1) is 17.7 Å². The second kappa shape index (κ2) is 19.0. The van der Waals surface area contributed by atoms with Gasteiger partial charge in [-0.15, -0.1) is 0 Å². The Morgan fingerprint density at radius 2 is 1.18 bits per heavy atom. The molecular formula is C34H46O4. The lowest BCUT2D eigenvalue weighted by atomic mass is 9.99. The molecule has 3 rings (SSSR count). The summed E-state index contributed by atoms with van der Waals surface area (Å²) in [5.74, 6) is -1.67. The van der Waals surface area contributed by atoms with E-state index in [1.807, 2.05) is 0 Å². The third-order valence-electron chi connectivity index (χ3n) is 6.79. The van der Waals surface area contributed by atoms with Crippen molar-refractivity contribution in [1.29, 1.82) is 0 Å². The fourth-order valence-corrected chi connectivity index (χ4v) is 4.58.